The summed E-state index contributed by atoms with van der Waals surface area (Å²) in [6.07, 6.45) is 7.16. The van der Waals surface area contributed by atoms with Crippen LogP contribution in [0.3, 0.4) is 0 Å². The first-order chi connectivity index (χ1) is 10.2. The van der Waals surface area contributed by atoms with Gasteiger partial charge >= 0.3 is 0 Å². The Balaban J connectivity index is 1.46. The van der Waals surface area contributed by atoms with E-state index in [1.165, 1.54) is 18.4 Å². The molecule has 1 saturated carbocycles. The molecule has 0 spiro atoms. The third-order valence-corrected chi connectivity index (χ3v) is 4.35. The molecule has 5 nitrogen and oxygen atoms in total. The molecule has 1 aromatic rings. The van der Waals surface area contributed by atoms with Gasteiger partial charge in [-0.2, -0.15) is 0 Å². The number of amides is 1. The minimum Gasteiger partial charge on any atom is -0.490 e. The van der Waals surface area contributed by atoms with E-state index in [-0.39, 0.29) is 5.91 Å². The largest absolute Gasteiger partial charge is 0.490 e. The Bertz CT molecular complexity index is 502. The Morgan fingerprint density at radius 2 is 2.38 bits per heavy atom. The first-order valence-corrected chi connectivity index (χ1v) is 7.78. The number of nitrogens with zero attached hydrogens (tertiary/aromatic N) is 1. The maximum Gasteiger partial charge on any atom is 0.216 e. The van der Waals surface area contributed by atoms with Gasteiger partial charge in [0.15, 0.2) is 0 Å². The monoisotopic (exact) mass is 289 g/mol. The van der Waals surface area contributed by atoms with Gasteiger partial charge in [0.05, 0.1) is 6.20 Å². The molecule has 1 aromatic heterocycles. The molecule has 2 fully saturated rings. The average molecular weight is 289 g/mol. The maximum absolute atomic E-state index is 10.9. The van der Waals surface area contributed by atoms with E-state index in [0.29, 0.717) is 17.9 Å². The third kappa shape index (κ3) is 3.94. The van der Waals surface area contributed by atoms with Crippen molar-refractivity contribution in [3.05, 3.63) is 24.0 Å². The van der Waals surface area contributed by atoms with Gasteiger partial charge in [-0.3, -0.25) is 9.78 Å². The number of pyridine rings is 1. The number of aromatic nitrogens is 1. The van der Waals surface area contributed by atoms with Crippen LogP contribution < -0.4 is 15.4 Å². The molecule has 21 heavy (non-hydrogen) atoms. The summed E-state index contributed by atoms with van der Waals surface area (Å²) in [5.41, 5.74) is 1.27. The number of hydrogen-bond donors (Lipinski definition) is 2. The number of ether oxygens (including phenoxy) is 1. The van der Waals surface area contributed by atoms with Crippen molar-refractivity contribution in [1.82, 2.24) is 15.6 Å². The second-order valence-corrected chi connectivity index (χ2v) is 6.08. The molecule has 1 aliphatic heterocycles. The van der Waals surface area contributed by atoms with Crippen LogP contribution in [0.2, 0.25) is 0 Å². The fourth-order valence-electron chi connectivity index (χ4n) is 2.81. The van der Waals surface area contributed by atoms with Crippen LogP contribution in [0.4, 0.5) is 0 Å². The third-order valence-electron chi connectivity index (χ3n) is 4.35. The van der Waals surface area contributed by atoms with Crippen LogP contribution in [-0.4, -0.2) is 36.6 Å². The molecule has 114 valence electrons. The summed E-state index contributed by atoms with van der Waals surface area (Å²) in [6.45, 7) is 4.16. The quantitative estimate of drug-likeness (QED) is 0.797. The van der Waals surface area contributed by atoms with Crippen LogP contribution in [-0.2, 0) is 4.79 Å². The highest BCUT2D eigenvalue weighted by Crippen LogP contribution is 2.49. The summed E-state index contributed by atoms with van der Waals surface area (Å²) in [7, 11) is 0. The second kappa shape index (κ2) is 6.43. The lowest BCUT2D eigenvalue weighted by molar-refractivity contribution is -0.118. The zero-order valence-corrected chi connectivity index (χ0v) is 12.5. The molecule has 2 heterocycles. The van der Waals surface area contributed by atoms with Gasteiger partial charge in [0.2, 0.25) is 5.91 Å². The number of rotatable bonds is 7. The van der Waals surface area contributed by atoms with Crippen molar-refractivity contribution in [2.45, 2.75) is 38.1 Å². The molecule has 5 heteroatoms. The number of nitrogens with one attached hydrogen (secondary N) is 2. The van der Waals surface area contributed by atoms with Crippen molar-refractivity contribution in [2.75, 3.05) is 19.7 Å². The van der Waals surface area contributed by atoms with E-state index in [2.05, 4.69) is 21.7 Å². The first-order valence-electron chi connectivity index (χ1n) is 7.78. The lowest BCUT2D eigenvalue weighted by atomic mass is 10.1. The topological polar surface area (TPSA) is 63.2 Å². The average Bonchev–Trinajstić information content (AvgIpc) is 3.16. The van der Waals surface area contributed by atoms with Gasteiger partial charge in [-0.1, -0.05) is 0 Å². The molecule has 1 unspecified atom stereocenters. The van der Waals surface area contributed by atoms with Gasteiger partial charge in [0.25, 0.3) is 0 Å². The maximum atomic E-state index is 10.9. The molecular formula is C16H23N3O2. The van der Waals surface area contributed by atoms with Crippen molar-refractivity contribution >= 4 is 5.91 Å². The summed E-state index contributed by atoms with van der Waals surface area (Å²) in [6, 6.07) is 2.62. The highest BCUT2D eigenvalue weighted by molar-refractivity contribution is 5.72. The Morgan fingerprint density at radius 1 is 1.52 bits per heavy atom. The van der Waals surface area contributed by atoms with E-state index in [4.69, 9.17) is 4.74 Å². The molecule has 0 radical (unpaired) electrons. The van der Waals surface area contributed by atoms with E-state index in [1.807, 2.05) is 6.20 Å². The van der Waals surface area contributed by atoms with Crippen LogP contribution >= 0.6 is 0 Å². The number of carbonyl (C=O) groups is 1. The minimum absolute atomic E-state index is 0.0499. The smallest absolute Gasteiger partial charge is 0.216 e. The zero-order chi connectivity index (χ0) is 14.7. The molecule has 1 aliphatic carbocycles. The highest BCUT2D eigenvalue weighted by Gasteiger charge is 2.38. The Kier molecular flexibility index (Phi) is 4.39. The van der Waals surface area contributed by atoms with Crippen LogP contribution in [0.25, 0.3) is 0 Å². The molecule has 2 aliphatic rings. The molecule has 0 bridgehead atoms. The van der Waals surface area contributed by atoms with Crippen LogP contribution in [0.5, 0.6) is 5.75 Å². The summed E-state index contributed by atoms with van der Waals surface area (Å²) in [4.78, 5) is 15.2. The van der Waals surface area contributed by atoms with Crippen molar-refractivity contribution in [2.24, 2.45) is 5.92 Å². The lowest BCUT2D eigenvalue weighted by Crippen LogP contribution is -2.46. The van der Waals surface area contributed by atoms with Gasteiger partial charge in [0.1, 0.15) is 12.4 Å². The van der Waals surface area contributed by atoms with E-state index in [9.17, 15) is 4.79 Å². The number of hydrogen-bond acceptors (Lipinski definition) is 4. The van der Waals surface area contributed by atoms with Crippen molar-refractivity contribution < 1.29 is 9.53 Å². The first kappa shape index (κ1) is 14.3. The van der Waals surface area contributed by atoms with Crippen LogP contribution in [0, 0.1) is 5.92 Å². The molecule has 0 aromatic carbocycles. The lowest BCUT2D eigenvalue weighted by Gasteiger charge is -2.27. The van der Waals surface area contributed by atoms with Gasteiger partial charge in [-0.05, 0) is 49.3 Å². The van der Waals surface area contributed by atoms with Crippen molar-refractivity contribution in [1.29, 1.82) is 0 Å². The predicted molar refractivity (Wildman–Crippen MR) is 80.3 cm³/mol. The van der Waals surface area contributed by atoms with Gasteiger partial charge in [-0.15, -0.1) is 0 Å². The van der Waals surface area contributed by atoms with Crippen molar-refractivity contribution in [3.63, 3.8) is 0 Å². The van der Waals surface area contributed by atoms with Gasteiger partial charge in [-0.25, -0.2) is 0 Å². The van der Waals surface area contributed by atoms with Crippen molar-refractivity contribution in [3.8, 4) is 5.75 Å². The summed E-state index contributed by atoms with van der Waals surface area (Å²) < 4.78 is 5.79. The fourth-order valence-corrected chi connectivity index (χ4v) is 2.81. The standard InChI is InChI=1S/C16H23N3O2/c1-11(20)18-4-2-12-7-16(12)13-6-15(9-17-8-13)21-10-14-3-5-19-14/h6,8-9,12,14,16,19H,2-5,7,10H2,1H3,(H,18,20)/t12-,14?,16-/m0/s1. The number of carbonyl (C=O) groups excluding carboxylic acids is 1. The van der Waals surface area contributed by atoms with E-state index in [0.717, 1.165) is 31.9 Å². The predicted octanol–water partition coefficient (Wildman–Crippen LogP) is 1.45. The van der Waals surface area contributed by atoms with Gasteiger partial charge < -0.3 is 15.4 Å². The zero-order valence-electron chi connectivity index (χ0n) is 12.5. The highest BCUT2D eigenvalue weighted by atomic mass is 16.5. The second-order valence-electron chi connectivity index (χ2n) is 6.08. The molecular weight excluding hydrogens is 266 g/mol. The summed E-state index contributed by atoms with van der Waals surface area (Å²) in [5.74, 6) is 2.17. The molecule has 1 amide bonds. The van der Waals surface area contributed by atoms with E-state index in [1.54, 1.807) is 13.1 Å². The normalized spacial score (nSPS) is 26.8. The Morgan fingerprint density at radius 3 is 3.10 bits per heavy atom. The SMILES string of the molecule is CC(=O)NCC[C@H]1C[C@@H]1c1cncc(OCC2CCN2)c1. The van der Waals surface area contributed by atoms with E-state index < -0.39 is 0 Å². The minimum atomic E-state index is 0.0499. The van der Waals surface area contributed by atoms with E-state index >= 15 is 0 Å². The summed E-state index contributed by atoms with van der Waals surface area (Å²) in [5, 5.41) is 6.18. The molecule has 1 saturated heterocycles. The van der Waals surface area contributed by atoms with Gasteiger partial charge in [0, 0.05) is 25.7 Å². The molecule has 3 atom stereocenters. The molecule has 2 N–H and O–H groups in total. The Hall–Kier alpha value is -1.62. The Labute approximate surface area is 125 Å². The summed E-state index contributed by atoms with van der Waals surface area (Å²) >= 11 is 0. The van der Waals surface area contributed by atoms with Crippen LogP contribution in [0.1, 0.15) is 37.7 Å². The van der Waals surface area contributed by atoms with Crippen LogP contribution in [0.15, 0.2) is 18.5 Å². The molecule has 3 rings (SSSR count). The fraction of sp³-hybridized carbons (Fsp3) is 0.625.